The molecule has 0 spiro atoms. The zero-order valence-electron chi connectivity index (χ0n) is 19.6. The van der Waals surface area contributed by atoms with E-state index in [1.54, 1.807) is 27.7 Å². The molecule has 5 rings (SSSR count). The quantitative estimate of drug-likeness (QED) is 0.536. The smallest absolute Gasteiger partial charge is 0.406 e. The lowest BCUT2D eigenvalue weighted by Crippen LogP contribution is -2.50. The van der Waals surface area contributed by atoms with Gasteiger partial charge in [-0.3, -0.25) is 20.4 Å². The van der Waals surface area contributed by atoms with Crippen LogP contribution in [0.15, 0.2) is 48.8 Å². The first-order chi connectivity index (χ1) is 17.2. The Balaban J connectivity index is 1.17. The molecule has 0 saturated carbocycles. The second-order valence-corrected chi connectivity index (χ2v) is 9.31. The summed E-state index contributed by atoms with van der Waals surface area (Å²) >= 11 is 0. The standard InChI is InChI=1S/C25H27F3N6O2/c26-25(27,28)36-20-3-1-18(2-4-20)16-32-9-5-17(6-10-32)13-19-7-12-34-21(14-19)22(15-30-34)33-11-8-23(35)31-24(33)29/h1-4,7,12,14-15,17H,5-6,8-11,13,16H2,(H2,29,31,35). The predicted octanol–water partition coefficient (Wildman–Crippen LogP) is 3.95. The molecule has 4 heterocycles. The Morgan fingerprint density at radius 1 is 1.08 bits per heavy atom. The molecule has 0 bridgehead atoms. The number of anilines is 1. The molecule has 36 heavy (non-hydrogen) atoms. The van der Waals surface area contributed by atoms with Crippen LogP contribution in [-0.2, 0) is 17.8 Å². The molecule has 2 aliphatic rings. The number of halogens is 3. The highest BCUT2D eigenvalue weighted by atomic mass is 19.4. The van der Waals surface area contributed by atoms with Crippen molar-refractivity contribution in [2.45, 2.75) is 38.6 Å². The molecule has 3 aromatic rings. The molecule has 190 valence electrons. The number of hydrogen-bond donors (Lipinski definition) is 2. The molecule has 2 fully saturated rings. The van der Waals surface area contributed by atoms with Crippen LogP contribution in [0.5, 0.6) is 5.75 Å². The van der Waals surface area contributed by atoms with E-state index in [0.717, 1.165) is 49.1 Å². The number of aromatic nitrogens is 2. The van der Waals surface area contributed by atoms with Crippen molar-refractivity contribution in [2.24, 2.45) is 5.92 Å². The number of pyridine rings is 1. The van der Waals surface area contributed by atoms with Crippen molar-refractivity contribution >= 4 is 23.1 Å². The zero-order chi connectivity index (χ0) is 25.3. The van der Waals surface area contributed by atoms with Crippen molar-refractivity contribution in [1.29, 1.82) is 5.41 Å². The normalized spacial score (nSPS) is 18.0. The third kappa shape index (κ3) is 5.62. The van der Waals surface area contributed by atoms with E-state index in [0.29, 0.717) is 25.4 Å². The molecule has 2 saturated heterocycles. The summed E-state index contributed by atoms with van der Waals surface area (Å²) in [5, 5.41) is 15.1. The van der Waals surface area contributed by atoms with Gasteiger partial charge in [-0.1, -0.05) is 12.1 Å². The van der Waals surface area contributed by atoms with E-state index in [1.807, 2.05) is 6.20 Å². The fraction of sp³-hybridized carbons (Fsp3) is 0.400. The van der Waals surface area contributed by atoms with E-state index < -0.39 is 6.36 Å². The summed E-state index contributed by atoms with van der Waals surface area (Å²) in [5.41, 5.74) is 3.88. The van der Waals surface area contributed by atoms with Crippen molar-refractivity contribution in [1.82, 2.24) is 19.8 Å². The molecule has 1 aromatic carbocycles. The topological polar surface area (TPSA) is 86.0 Å². The minimum atomic E-state index is -4.68. The fourth-order valence-electron chi connectivity index (χ4n) is 4.91. The maximum absolute atomic E-state index is 12.3. The summed E-state index contributed by atoms with van der Waals surface area (Å²) in [5.74, 6) is 0.254. The van der Waals surface area contributed by atoms with Gasteiger partial charge in [0.1, 0.15) is 5.75 Å². The summed E-state index contributed by atoms with van der Waals surface area (Å²) in [6.07, 6.45) is 2.33. The number of benzene rings is 1. The molecule has 0 radical (unpaired) electrons. The predicted molar refractivity (Wildman–Crippen MR) is 128 cm³/mol. The molecule has 1 amide bonds. The molecule has 8 nitrogen and oxygen atoms in total. The van der Waals surface area contributed by atoms with Crippen molar-refractivity contribution in [3.8, 4) is 5.75 Å². The van der Waals surface area contributed by atoms with E-state index in [4.69, 9.17) is 5.41 Å². The Morgan fingerprint density at radius 2 is 1.83 bits per heavy atom. The van der Waals surface area contributed by atoms with Crippen LogP contribution in [0.3, 0.4) is 0 Å². The molecule has 0 atom stereocenters. The Hall–Kier alpha value is -3.60. The average molecular weight is 501 g/mol. The van der Waals surface area contributed by atoms with Crippen molar-refractivity contribution < 1.29 is 22.7 Å². The number of nitrogens with one attached hydrogen (secondary N) is 2. The summed E-state index contributed by atoms with van der Waals surface area (Å²) in [6.45, 7) is 3.00. The van der Waals surface area contributed by atoms with Gasteiger partial charge in [-0.2, -0.15) is 5.10 Å². The van der Waals surface area contributed by atoms with Crippen LogP contribution in [0, 0.1) is 11.3 Å². The van der Waals surface area contributed by atoms with Crippen LogP contribution in [-0.4, -0.2) is 52.4 Å². The van der Waals surface area contributed by atoms with Gasteiger partial charge in [0.15, 0.2) is 0 Å². The second kappa shape index (κ2) is 9.81. The van der Waals surface area contributed by atoms with Gasteiger partial charge in [0, 0.05) is 25.7 Å². The first-order valence-electron chi connectivity index (χ1n) is 11.9. The SMILES string of the molecule is N=C1NC(=O)CCN1c1cnn2ccc(CC3CCN(Cc4ccc(OC(F)(F)F)cc4)CC3)cc12. The highest BCUT2D eigenvalue weighted by Crippen LogP contribution is 2.28. The first kappa shape index (κ1) is 24.1. The second-order valence-electron chi connectivity index (χ2n) is 9.31. The third-order valence-electron chi connectivity index (χ3n) is 6.74. The number of carbonyl (C=O) groups is 1. The molecular formula is C25H27F3N6O2. The molecule has 0 aliphatic carbocycles. The Labute approximate surface area is 206 Å². The van der Waals surface area contributed by atoms with E-state index in [1.165, 1.54) is 17.7 Å². The number of guanidine groups is 1. The number of likely N-dealkylation sites (tertiary alicyclic amines) is 1. The van der Waals surface area contributed by atoms with Crippen molar-refractivity contribution in [3.05, 3.63) is 59.9 Å². The summed E-state index contributed by atoms with van der Waals surface area (Å²) in [6, 6.07) is 10.3. The summed E-state index contributed by atoms with van der Waals surface area (Å²) in [7, 11) is 0. The number of alkyl halides is 3. The van der Waals surface area contributed by atoms with E-state index in [-0.39, 0.29) is 17.6 Å². The number of rotatable bonds is 6. The maximum Gasteiger partial charge on any atom is 0.573 e. The van der Waals surface area contributed by atoms with E-state index >= 15 is 0 Å². The van der Waals surface area contributed by atoms with Gasteiger partial charge in [-0.15, -0.1) is 13.2 Å². The van der Waals surface area contributed by atoms with Gasteiger partial charge < -0.3 is 9.64 Å². The molecule has 0 unspecified atom stereocenters. The van der Waals surface area contributed by atoms with Gasteiger partial charge in [-0.05, 0) is 73.7 Å². The van der Waals surface area contributed by atoms with Crippen molar-refractivity contribution in [3.63, 3.8) is 0 Å². The van der Waals surface area contributed by atoms with E-state index in [2.05, 4.69) is 32.2 Å². The van der Waals surface area contributed by atoms with Gasteiger partial charge in [0.25, 0.3) is 0 Å². The van der Waals surface area contributed by atoms with Crippen molar-refractivity contribution in [2.75, 3.05) is 24.5 Å². The Kier molecular flexibility index (Phi) is 6.57. The lowest BCUT2D eigenvalue weighted by Gasteiger charge is -2.32. The minimum absolute atomic E-state index is 0.0708. The number of carbonyl (C=O) groups excluding carboxylic acids is 1. The lowest BCUT2D eigenvalue weighted by atomic mass is 9.90. The summed E-state index contributed by atoms with van der Waals surface area (Å²) in [4.78, 5) is 15.7. The molecule has 2 aliphatic heterocycles. The Bertz CT molecular complexity index is 1250. The average Bonchev–Trinajstić information content (AvgIpc) is 3.24. The molecule has 2 N–H and O–H groups in total. The van der Waals surface area contributed by atoms with Crippen LogP contribution >= 0.6 is 0 Å². The molecule has 11 heteroatoms. The number of nitrogens with zero attached hydrogens (tertiary/aromatic N) is 4. The van der Waals surface area contributed by atoms with Gasteiger partial charge in [0.05, 0.1) is 17.4 Å². The first-order valence-corrected chi connectivity index (χ1v) is 11.9. The number of amides is 1. The highest BCUT2D eigenvalue weighted by molar-refractivity contribution is 6.08. The minimum Gasteiger partial charge on any atom is -0.406 e. The number of piperidine rings is 1. The number of fused-ring (bicyclic) bond motifs is 1. The van der Waals surface area contributed by atoms with Crippen LogP contribution < -0.4 is 15.0 Å². The van der Waals surface area contributed by atoms with Crippen LogP contribution in [0.4, 0.5) is 18.9 Å². The number of hydrogen-bond acceptors (Lipinski definition) is 5. The van der Waals surface area contributed by atoms with Gasteiger partial charge in [-0.25, -0.2) is 4.52 Å². The highest BCUT2D eigenvalue weighted by Gasteiger charge is 2.31. The van der Waals surface area contributed by atoms with Crippen LogP contribution in [0.2, 0.25) is 0 Å². The molecule has 2 aromatic heterocycles. The van der Waals surface area contributed by atoms with E-state index in [9.17, 15) is 18.0 Å². The van der Waals surface area contributed by atoms with Gasteiger partial charge in [0.2, 0.25) is 11.9 Å². The number of ether oxygens (including phenoxy) is 1. The fourth-order valence-corrected chi connectivity index (χ4v) is 4.91. The third-order valence-corrected chi connectivity index (χ3v) is 6.74. The zero-order valence-corrected chi connectivity index (χ0v) is 19.6. The van der Waals surface area contributed by atoms with Crippen LogP contribution in [0.25, 0.3) is 5.52 Å². The monoisotopic (exact) mass is 500 g/mol. The summed E-state index contributed by atoms with van der Waals surface area (Å²) < 4.78 is 42.8. The van der Waals surface area contributed by atoms with Gasteiger partial charge >= 0.3 is 6.36 Å². The maximum atomic E-state index is 12.3. The largest absolute Gasteiger partial charge is 0.573 e. The molecular weight excluding hydrogens is 473 g/mol. The Morgan fingerprint density at radius 3 is 2.53 bits per heavy atom. The van der Waals surface area contributed by atoms with Crippen LogP contribution in [0.1, 0.15) is 30.4 Å². The lowest BCUT2D eigenvalue weighted by molar-refractivity contribution is -0.274.